The maximum absolute atomic E-state index is 14.3. The van der Waals surface area contributed by atoms with E-state index in [1.54, 1.807) is 0 Å². The fourth-order valence-electron chi connectivity index (χ4n) is 5.06. The molecular weight excluding hydrogens is 466 g/mol. The van der Waals surface area contributed by atoms with Crippen LogP contribution in [0.15, 0.2) is 47.3 Å². The number of benzene rings is 2. The summed E-state index contributed by atoms with van der Waals surface area (Å²) in [6.07, 6.45) is 3.52. The molecule has 36 heavy (non-hydrogen) atoms. The number of aryl methyl sites for hydroxylation is 2. The second kappa shape index (κ2) is 7.97. The van der Waals surface area contributed by atoms with E-state index in [1.165, 1.54) is 25.0 Å². The van der Waals surface area contributed by atoms with Crippen molar-refractivity contribution in [2.45, 2.75) is 26.2 Å². The van der Waals surface area contributed by atoms with Gasteiger partial charge in [0.25, 0.3) is 11.5 Å². The van der Waals surface area contributed by atoms with Crippen molar-refractivity contribution in [1.82, 2.24) is 19.3 Å². The minimum absolute atomic E-state index is 0.152. The molecule has 1 N–H and O–H groups in total. The highest BCUT2D eigenvalue weighted by molar-refractivity contribution is 6.08. The van der Waals surface area contributed by atoms with Crippen LogP contribution in [0, 0.1) is 24.0 Å². The Labute approximate surface area is 205 Å². The normalized spacial score (nSPS) is 16.2. The number of carbonyl (C=O) groups is 1. The predicted octanol–water partition coefficient (Wildman–Crippen LogP) is 3.95. The van der Waals surface area contributed by atoms with Crippen LogP contribution in [0.1, 0.15) is 35.6 Å². The minimum atomic E-state index is -0.955. The first-order valence-corrected chi connectivity index (χ1v) is 11.8. The lowest BCUT2D eigenvalue weighted by atomic mass is 10.1. The van der Waals surface area contributed by atoms with Gasteiger partial charge < -0.3 is 14.8 Å². The van der Waals surface area contributed by atoms with E-state index in [4.69, 9.17) is 4.98 Å². The van der Waals surface area contributed by atoms with Crippen molar-refractivity contribution in [2.24, 2.45) is 12.5 Å². The molecule has 0 unspecified atom stereocenters. The van der Waals surface area contributed by atoms with Crippen LogP contribution in [0.5, 0.6) is 0 Å². The highest BCUT2D eigenvalue weighted by Gasteiger charge is 2.48. The summed E-state index contributed by atoms with van der Waals surface area (Å²) in [4.78, 5) is 32.7. The third kappa shape index (κ3) is 3.55. The van der Waals surface area contributed by atoms with Gasteiger partial charge in [-0.25, -0.2) is 13.8 Å². The average molecular weight is 491 g/mol. The number of hydrogen-bond acceptors (Lipinski definition) is 5. The molecule has 2 aromatic heterocycles. The molecule has 1 aliphatic heterocycles. The third-order valence-corrected chi connectivity index (χ3v) is 7.39. The summed E-state index contributed by atoms with van der Waals surface area (Å²) in [5, 5.41) is 6.88. The number of nitrogens with one attached hydrogen (secondary N) is 1. The third-order valence-electron chi connectivity index (χ3n) is 7.39. The fourth-order valence-corrected chi connectivity index (χ4v) is 5.06. The Morgan fingerprint density at radius 3 is 2.47 bits per heavy atom. The molecule has 2 aromatic carbocycles. The van der Waals surface area contributed by atoms with Crippen LogP contribution in [0.2, 0.25) is 0 Å². The Morgan fingerprint density at radius 2 is 1.78 bits per heavy atom. The Bertz CT molecular complexity index is 1580. The van der Waals surface area contributed by atoms with Crippen molar-refractivity contribution < 1.29 is 13.6 Å². The Hall–Kier alpha value is -4.08. The number of nitrogens with zero attached hydrogens (tertiary/aromatic N) is 5. The molecule has 184 valence electrons. The highest BCUT2D eigenvalue weighted by Crippen LogP contribution is 2.54. The van der Waals surface area contributed by atoms with Crippen LogP contribution < -0.4 is 15.8 Å². The first kappa shape index (κ1) is 22.4. The smallest absolute Gasteiger partial charge is 0.276 e. The highest BCUT2D eigenvalue weighted by atomic mass is 19.1. The molecule has 2 aliphatic rings. The van der Waals surface area contributed by atoms with E-state index in [1.807, 2.05) is 30.7 Å². The van der Waals surface area contributed by atoms with Crippen LogP contribution in [0.25, 0.3) is 16.7 Å². The number of para-hydroxylation sites is 1. The van der Waals surface area contributed by atoms with Crippen molar-refractivity contribution in [3.8, 4) is 5.69 Å². The molecule has 3 heterocycles. The molecule has 10 heteroatoms. The molecule has 1 saturated carbocycles. The van der Waals surface area contributed by atoms with Crippen molar-refractivity contribution in [3.63, 3.8) is 0 Å². The number of carbonyl (C=O) groups excluding carboxylic acids is 1. The van der Waals surface area contributed by atoms with Gasteiger partial charge in [-0.05, 0) is 61.9 Å². The quantitative estimate of drug-likeness (QED) is 0.468. The molecule has 6 rings (SSSR count). The first-order chi connectivity index (χ1) is 17.3. The van der Waals surface area contributed by atoms with Gasteiger partial charge in [0.05, 0.1) is 16.9 Å². The van der Waals surface area contributed by atoms with Crippen LogP contribution in [0.3, 0.4) is 0 Å². The van der Waals surface area contributed by atoms with Gasteiger partial charge in [-0.2, -0.15) is 9.78 Å². The van der Waals surface area contributed by atoms with Crippen LogP contribution >= 0.6 is 0 Å². The monoisotopic (exact) mass is 490 g/mol. The summed E-state index contributed by atoms with van der Waals surface area (Å²) in [5.41, 5.74) is 2.00. The summed E-state index contributed by atoms with van der Waals surface area (Å²) < 4.78 is 31.2. The lowest BCUT2D eigenvalue weighted by molar-refractivity contribution is 0.102. The van der Waals surface area contributed by atoms with Crippen LogP contribution in [0.4, 0.5) is 20.2 Å². The number of fused-ring (bicyclic) bond motifs is 1. The maximum atomic E-state index is 14.3. The summed E-state index contributed by atoms with van der Waals surface area (Å²) >= 11 is 0. The molecule has 8 nitrogen and oxygen atoms in total. The molecule has 2 fully saturated rings. The Kier molecular flexibility index (Phi) is 4.96. The lowest BCUT2D eigenvalue weighted by Gasteiger charge is -2.23. The number of rotatable bonds is 4. The summed E-state index contributed by atoms with van der Waals surface area (Å²) in [5.74, 6) is -1.66. The van der Waals surface area contributed by atoms with Crippen molar-refractivity contribution in [2.75, 3.05) is 23.3 Å². The second-order valence-corrected chi connectivity index (χ2v) is 9.71. The van der Waals surface area contributed by atoms with Gasteiger partial charge >= 0.3 is 0 Å². The van der Waals surface area contributed by atoms with Gasteiger partial charge in [0.1, 0.15) is 22.7 Å². The van der Waals surface area contributed by atoms with E-state index >= 15 is 0 Å². The van der Waals surface area contributed by atoms with Gasteiger partial charge in [-0.1, -0.05) is 6.07 Å². The van der Waals surface area contributed by atoms with Gasteiger partial charge in [-0.15, -0.1) is 0 Å². The molecule has 0 radical (unpaired) electrons. The fraction of sp³-hybridized carbons (Fsp3) is 0.308. The van der Waals surface area contributed by atoms with Crippen molar-refractivity contribution in [1.29, 1.82) is 0 Å². The Balaban J connectivity index is 1.40. The molecule has 1 spiro atoms. The van der Waals surface area contributed by atoms with E-state index in [0.717, 1.165) is 60.3 Å². The molecule has 1 saturated heterocycles. The zero-order chi connectivity index (χ0) is 25.2. The molecule has 4 aromatic rings. The summed E-state index contributed by atoms with van der Waals surface area (Å²) in [6, 6.07) is 9.29. The van der Waals surface area contributed by atoms with Gasteiger partial charge in [0.15, 0.2) is 11.6 Å². The van der Waals surface area contributed by atoms with Crippen LogP contribution in [-0.2, 0) is 7.05 Å². The second-order valence-electron chi connectivity index (χ2n) is 9.71. The topological polar surface area (TPSA) is 85.1 Å². The standard InChI is InChI=1S/C26H24F2N6O2/c1-15-29-22-20(32(15)2)8-6-18(24(22)33-13-12-26(14-33)10-11-26)30-25(36)19-7-9-21(35)34(31-19)23-16(27)4-3-5-17(23)28/h3-9H,10-14H2,1-2H3,(H,30,36). The van der Waals surface area contributed by atoms with E-state index in [-0.39, 0.29) is 5.69 Å². The summed E-state index contributed by atoms with van der Waals surface area (Å²) in [7, 11) is 1.95. The lowest BCUT2D eigenvalue weighted by Crippen LogP contribution is -2.27. The molecule has 0 atom stereocenters. The zero-order valence-electron chi connectivity index (χ0n) is 19.9. The van der Waals surface area contributed by atoms with Crippen LogP contribution in [-0.4, -0.2) is 38.3 Å². The zero-order valence-corrected chi connectivity index (χ0v) is 19.9. The SMILES string of the molecule is Cc1nc2c(N3CCC4(CC4)C3)c(NC(=O)c3ccc(=O)n(-c4c(F)cccc4F)n3)ccc2n1C. The largest absolute Gasteiger partial charge is 0.367 e. The number of imidazole rings is 1. The molecule has 0 bridgehead atoms. The van der Waals surface area contributed by atoms with Gasteiger partial charge in [0, 0.05) is 26.2 Å². The number of anilines is 2. The minimum Gasteiger partial charge on any atom is -0.367 e. The number of halogens is 2. The summed E-state index contributed by atoms with van der Waals surface area (Å²) in [6.45, 7) is 3.71. The van der Waals surface area contributed by atoms with E-state index in [2.05, 4.69) is 15.3 Å². The molecular formula is C26H24F2N6O2. The van der Waals surface area contributed by atoms with Gasteiger partial charge in [-0.3, -0.25) is 9.59 Å². The van der Waals surface area contributed by atoms with E-state index < -0.39 is 28.8 Å². The maximum Gasteiger partial charge on any atom is 0.276 e. The van der Waals surface area contributed by atoms with E-state index in [0.29, 0.717) is 15.8 Å². The van der Waals surface area contributed by atoms with E-state index in [9.17, 15) is 18.4 Å². The number of amides is 1. The Morgan fingerprint density at radius 1 is 1.03 bits per heavy atom. The first-order valence-electron chi connectivity index (χ1n) is 11.8. The average Bonchev–Trinajstić information content (AvgIpc) is 3.38. The van der Waals surface area contributed by atoms with Crippen molar-refractivity contribution in [3.05, 3.63) is 76.0 Å². The number of aromatic nitrogens is 4. The molecule has 1 amide bonds. The predicted molar refractivity (Wildman–Crippen MR) is 132 cm³/mol. The van der Waals surface area contributed by atoms with Crippen molar-refractivity contribution >= 4 is 28.3 Å². The van der Waals surface area contributed by atoms with Gasteiger partial charge in [0.2, 0.25) is 0 Å². The number of hydrogen-bond donors (Lipinski definition) is 1. The molecule has 1 aliphatic carbocycles.